The standard InChI is InChI=1S/C12H14N2OS/c1-8-12(16-7-14-8)10-4-2-9(3-5-10)11(13)6-15/h2-5,7,11,15H,6,13H2,1H3/t11-/m1/s1. The van der Waals surface area contributed by atoms with Gasteiger partial charge in [-0.15, -0.1) is 11.3 Å². The van der Waals surface area contributed by atoms with Crippen LogP contribution in [-0.4, -0.2) is 16.7 Å². The number of aromatic nitrogens is 1. The number of nitrogens with zero attached hydrogens (tertiary/aromatic N) is 1. The number of nitrogens with two attached hydrogens (primary N) is 1. The fourth-order valence-corrected chi connectivity index (χ4v) is 2.38. The number of aliphatic hydroxyl groups is 1. The van der Waals surface area contributed by atoms with Crippen LogP contribution in [0.5, 0.6) is 0 Å². The average molecular weight is 234 g/mol. The first kappa shape index (κ1) is 11.3. The number of hydrogen-bond donors (Lipinski definition) is 2. The van der Waals surface area contributed by atoms with Gasteiger partial charge in [-0.05, 0) is 18.1 Å². The lowest BCUT2D eigenvalue weighted by Gasteiger charge is -2.08. The largest absolute Gasteiger partial charge is 0.394 e. The fraction of sp³-hybridized carbons (Fsp3) is 0.250. The van der Waals surface area contributed by atoms with Crippen molar-refractivity contribution in [1.29, 1.82) is 0 Å². The van der Waals surface area contributed by atoms with Crippen molar-refractivity contribution >= 4 is 11.3 Å². The van der Waals surface area contributed by atoms with Crippen molar-refractivity contribution in [2.45, 2.75) is 13.0 Å². The van der Waals surface area contributed by atoms with Gasteiger partial charge in [-0.2, -0.15) is 0 Å². The summed E-state index contributed by atoms with van der Waals surface area (Å²) in [4.78, 5) is 5.40. The van der Waals surface area contributed by atoms with Crippen LogP contribution in [0.25, 0.3) is 10.4 Å². The summed E-state index contributed by atoms with van der Waals surface area (Å²) in [5.74, 6) is 0. The van der Waals surface area contributed by atoms with Gasteiger partial charge in [0.2, 0.25) is 0 Å². The van der Waals surface area contributed by atoms with E-state index in [1.807, 2.05) is 36.7 Å². The first-order valence-corrected chi connectivity index (χ1v) is 5.97. The molecular weight excluding hydrogens is 220 g/mol. The number of aliphatic hydroxyl groups excluding tert-OH is 1. The zero-order chi connectivity index (χ0) is 11.5. The molecule has 1 heterocycles. The maximum atomic E-state index is 8.95. The molecule has 0 bridgehead atoms. The highest BCUT2D eigenvalue weighted by Crippen LogP contribution is 2.27. The van der Waals surface area contributed by atoms with Gasteiger partial charge in [0.15, 0.2) is 0 Å². The van der Waals surface area contributed by atoms with Crippen LogP contribution >= 0.6 is 11.3 Å². The summed E-state index contributed by atoms with van der Waals surface area (Å²) in [5.41, 5.74) is 10.7. The number of rotatable bonds is 3. The summed E-state index contributed by atoms with van der Waals surface area (Å²) in [6, 6.07) is 7.65. The van der Waals surface area contributed by atoms with E-state index in [0.717, 1.165) is 16.8 Å². The highest BCUT2D eigenvalue weighted by Gasteiger charge is 2.07. The van der Waals surface area contributed by atoms with E-state index in [0.29, 0.717) is 0 Å². The Hall–Kier alpha value is -1.23. The first-order chi connectivity index (χ1) is 7.72. The van der Waals surface area contributed by atoms with Gasteiger partial charge in [-0.25, -0.2) is 4.98 Å². The molecule has 0 fully saturated rings. The van der Waals surface area contributed by atoms with Crippen LogP contribution in [0.1, 0.15) is 17.3 Å². The molecular formula is C12H14N2OS. The zero-order valence-electron chi connectivity index (χ0n) is 9.05. The maximum absolute atomic E-state index is 8.95. The quantitative estimate of drug-likeness (QED) is 0.855. The summed E-state index contributed by atoms with van der Waals surface area (Å²) in [7, 11) is 0. The van der Waals surface area contributed by atoms with E-state index in [-0.39, 0.29) is 12.6 Å². The number of thiazole rings is 1. The van der Waals surface area contributed by atoms with Crippen LogP contribution in [0.3, 0.4) is 0 Å². The molecule has 2 aromatic rings. The van der Waals surface area contributed by atoms with Gasteiger partial charge < -0.3 is 10.8 Å². The van der Waals surface area contributed by atoms with Crippen molar-refractivity contribution < 1.29 is 5.11 Å². The molecule has 2 rings (SSSR count). The molecule has 3 N–H and O–H groups in total. The molecule has 0 aliphatic rings. The van der Waals surface area contributed by atoms with Crippen LogP contribution in [0.4, 0.5) is 0 Å². The highest BCUT2D eigenvalue weighted by molar-refractivity contribution is 7.13. The highest BCUT2D eigenvalue weighted by atomic mass is 32.1. The van der Waals surface area contributed by atoms with E-state index in [1.54, 1.807) is 11.3 Å². The zero-order valence-corrected chi connectivity index (χ0v) is 9.87. The normalized spacial score (nSPS) is 12.7. The van der Waals surface area contributed by atoms with Crippen molar-refractivity contribution in [3.63, 3.8) is 0 Å². The van der Waals surface area contributed by atoms with Crippen molar-refractivity contribution in [1.82, 2.24) is 4.98 Å². The summed E-state index contributed by atoms with van der Waals surface area (Å²) < 4.78 is 0. The van der Waals surface area contributed by atoms with Gasteiger partial charge >= 0.3 is 0 Å². The molecule has 84 valence electrons. The van der Waals surface area contributed by atoms with Crippen LogP contribution in [0, 0.1) is 6.92 Å². The third kappa shape index (κ3) is 2.14. The molecule has 0 saturated carbocycles. The molecule has 0 aliphatic carbocycles. The van der Waals surface area contributed by atoms with Crippen LogP contribution in [0.2, 0.25) is 0 Å². The number of aryl methyl sites for hydroxylation is 1. The molecule has 1 atom stereocenters. The Morgan fingerprint density at radius 2 is 2.06 bits per heavy atom. The minimum atomic E-state index is -0.295. The Morgan fingerprint density at radius 3 is 2.56 bits per heavy atom. The van der Waals surface area contributed by atoms with Crippen molar-refractivity contribution in [3.8, 4) is 10.4 Å². The van der Waals surface area contributed by atoms with E-state index in [4.69, 9.17) is 10.8 Å². The van der Waals surface area contributed by atoms with E-state index >= 15 is 0 Å². The van der Waals surface area contributed by atoms with E-state index in [2.05, 4.69) is 4.98 Å². The second-order valence-corrected chi connectivity index (χ2v) is 4.53. The van der Waals surface area contributed by atoms with E-state index in [9.17, 15) is 0 Å². The number of hydrogen-bond acceptors (Lipinski definition) is 4. The predicted molar refractivity (Wildman–Crippen MR) is 66.3 cm³/mol. The van der Waals surface area contributed by atoms with Gasteiger partial charge in [0.1, 0.15) is 0 Å². The lowest BCUT2D eigenvalue weighted by Crippen LogP contribution is -2.14. The third-order valence-electron chi connectivity index (χ3n) is 2.54. The maximum Gasteiger partial charge on any atom is 0.0801 e. The van der Waals surface area contributed by atoms with Gasteiger partial charge in [-0.1, -0.05) is 24.3 Å². The minimum Gasteiger partial charge on any atom is -0.394 e. The van der Waals surface area contributed by atoms with Crippen molar-refractivity contribution in [3.05, 3.63) is 41.0 Å². The minimum absolute atomic E-state index is 0.0288. The monoisotopic (exact) mass is 234 g/mol. The lowest BCUT2D eigenvalue weighted by atomic mass is 10.1. The topological polar surface area (TPSA) is 59.1 Å². The van der Waals surface area contributed by atoms with Gasteiger partial charge in [0.05, 0.1) is 28.7 Å². The molecule has 0 spiro atoms. The van der Waals surface area contributed by atoms with Crippen LogP contribution in [-0.2, 0) is 0 Å². The summed E-state index contributed by atoms with van der Waals surface area (Å²) in [5, 5.41) is 8.95. The van der Waals surface area contributed by atoms with E-state index in [1.165, 1.54) is 4.88 Å². The Balaban J connectivity index is 2.30. The molecule has 3 nitrogen and oxygen atoms in total. The van der Waals surface area contributed by atoms with Gasteiger partial charge in [0.25, 0.3) is 0 Å². The molecule has 0 amide bonds. The SMILES string of the molecule is Cc1ncsc1-c1ccc([C@H](N)CO)cc1. The molecule has 4 heteroatoms. The Kier molecular flexibility index (Phi) is 3.33. The smallest absolute Gasteiger partial charge is 0.0801 e. The molecule has 1 aromatic carbocycles. The van der Waals surface area contributed by atoms with Crippen LogP contribution < -0.4 is 5.73 Å². The molecule has 16 heavy (non-hydrogen) atoms. The lowest BCUT2D eigenvalue weighted by molar-refractivity contribution is 0.268. The summed E-state index contributed by atoms with van der Waals surface area (Å²) in [6.45, 7) is 1.97. The Bertz CT molecular complexity index is 464. The molecule has 0 aliphatic heterocycles. The fourth-order valence-electron chi connectivity index (χ4n) is 1.57. The third-order valence-corrected chi connectivity index (χ3v) is 3.52. The second kappa shape index (κ2) is 4.74. The van der Waals surface area contributed by atoms with Crippen molar-refractivity contribution in [2.24, 2.45) is 5.73 Å². The molecule has 0 unspecified atom stereocenters. The average Bonchev–Trinajstić information content (AvgIpc) is 2.75. The Morgan fingerprint density at radius 1 is 1.38 bits per heavy atom. The number of benzene rings is 1. The van der Waals surface area contributed by atoms with Crippen molar-refractivity contribution in [2.75, 3.05) is 6.61 Å². The molecule has 1 aromatic heterocycles. The second-order valence-electron chi connectivity index (χ2n) is 3.68. The molecule has 0 saturated heterocycles. The van der Waals surface area contributed by atoms with Gasteiger partial charge in [0, 0.05) is 0 Å². The molecule has 0 radical (unpaired) electrons. The summed E-state index contributed by atoms with van der Waals surface area (Å²) >= 11 is 1.63. The first-order valence-electron chi connectivity index (χ1n) is 5.09. The van der Waals surface area contributed by atoms with Crippen LogP contribution in [0.15, 0.2) is 29.8 Å². The van der Waals surface area contributed by atoms with E-state index < -0.39 is 0 Å². The summed E-state index contributed by atoms with van der Waals surface area (Å²) in [6.07, 6.45) is 0. The van der Waals surface area contributed by atoms with Gasteiger partial charge in [-0.3, -0.25) is 0 Å². The predicted octanol–water partition coefficient (Wildman–Crippen LogP) is 2.11. The Labute approximate surface area is 98.6 Å².